The molecule has 3 aromatic rings. The number of nitro benzene ring substituents is 1. The van der Waals surface area contributed by atoms with Crippen LogP contribution in [-0.4, -0.2) is 16.2 Å². The lowest BCUT2D eigenvalue weighted by molar-refractivity contribution is -0.685. The zero-order valence-corrected chi connectivity index (χ0v) is 14.7. The van der Waals surface area contributed by atoms with Crippen molar-refractivity contribution >= 4 is 23.1 Å². The molecule has 0 aliphatic heterocycles. The maximum absolute atomic E-state index is 10.7. The molecule has 0 bridgehead atoms. The standard InChI is InChI=1S/C18H17N4O2S/c1-13-3-5-14(6-4-13)17-11-12-21(18(19-17)25-2)20-15-7-9-16(10-8-15)22(23)24/h3-12,20H,1-2H3/q+1. The highest BCUT2D eigenvalue weighted by Gasteiger charge is 2.16. The molecule has 0 fully saturated rings. The third-order valence-corrected chi connectivity index (χ3v) is 4.31. The topological polar surface area (TPSA) is 71.9 Å². The lowest BCUT2D eigenvalue weighted by Gasteiger charge is -2.06. The second-order valence-electron chi connectivity index (χ2n) is 5.45. The van der Waals surface area contributed by atoms with Gasteiger partial charge in [-0.05, 0) is 42.1 Å². The van der Waals surface area contributed by atoms with Crippen LogP contribution in [0.5, 0.6) is 0 Å². The average molecular weight is 353 g/mol. The van der Waals surface area contributed by atoms with Crippen molar-refractivity contribution in [3.05, 3.63) is 76.5 Å². The highest BCUT2D eigenvalue weighted by atomic mass is 32.2. The number of nitro groups is 1. The van der Waals surface area contributed by atoms with Crippen molar-refractivity contribution in [2.45, 2.75) is 12.1 Å². The Hall–Kier alpha value is -2.93. The van der Waals surface area contributed by atoms with E-state index >= 15 is 0 Å². The van der Waals surface area contributed by atoms with Crippen LogP contribution in [0.3, 0.4) is 0 Å². The summed E-state index contributed by atoms with van der Waals surface area (Å²) in [4.78, 5) is 15.0. The highest BCUT2D eigenvalue weighted by molar-refractivity contribution is 7.98. The SMILES string of the molecule is CSc1nc(-c2ccc(C)cc2)cc[n+]1Nc1ccc([N+](=O)[O-])cc1. The number of aryl methyl sites for hydroxylation is 1. The molecular formula is C18H17N4O2S+. The second-order valence-corrected chi connectivity index (χ2v) is 6.22. The van der Waals surface area contributed by atoms with Gasteiger partial charge in [0.25, 0.3) is 5.69 Å². The maximum Gasteiger partial charge on any atom is 0.383 e. The largest absolute Gasteiger partial charge is 0.383 e. The number of non-ortho nitro benzene ring substituents is 1. The number of thioether (sulfide) groups is 1. The first-order valence-electron chi connectivity index (χ1n) is 7.62. The van der Waals surface area contributed by atoms with E-state index in [0.29, 0.717) is 0 Å². The predicted octanol–water partition coefficient (Wildman–Crippen LogP) is 3.85. The molecule has 7 heteroatoms. The Morgan fingerprint density at radius 3 is 2.36 bits per heavy atom. The minimum absolute atomic E-state index is 0.0634. The van der Waals surface area contributed by atoms with Crippen molar-refractivity contribution in [1.29, 1.82) is 0 Å². The molecule has 126 valence electrons. The highest BCUT2D eigenvalue weighted by Crippen LogP contribution is 2.19. The van der Waals surface area contributed by atoms with Crippen LogP contribution in [0, 0.1) is 17.0 Å². The van der Waals surface area contributed by atoms with Crippen molar-refractivity contribution in [3.8, 4) is 11.3 Å². The fraction of sp³-hybridized carbons (Fsp3) is 0.111. The molecule has 6 nitrogen and oxygen atoms in total. The van der Waals surface area contributed by atoms with Gasteiger partial charge in [-0.25, -0.2) is 5.43 Å². The van der Waals surface area contributed by atoms with E-state index in [1.54, 1.807) is 16.8 Å². The molecule has 0 saturated heterocycles. The molecule has 0 saturated carbocycles. The van der Waals surface area contributed by atoms with Gasteiger partial charge < -0.3 is 0 Å². The van der Waals surface area contributed by atoms with Crippen LogP contribution in [0.1, 0.15) is 5.56 Å². The lowest BCUT2D eigenvalue weighted by Crippen LogP contribution is -2.44. The molecule has 1 aromatic heterocycles. The number of benzene rings is 2. The van der Waals surface area contributed by atoms with Crippen LogP contribution in [0.2, 0.25) is 0 Å². The van der Waals surface area contributed by atoms with Crippen LogP contribution in [0.4, 0.5) is 11.4 Å². The molecular weight excluding hydrogens is 336 g/mol. The van der Waals surface area contributed by atoms with Crippen molar-refractivity contribution in [3.63, 3.8) is 0 Å². The van der Waals surface area contributed by atoms with Crippen molar-refractivity contribution in [1.82, 2.24) is 4.98 Å². The third kappa shape index (κ3) is 3.95. The number of anilines is 1. The van der Waals surface area contributed by atoms with Crippen LogP contribution in [-0.2, 0) is 0 Å². The summed E-state index contributed by atoms with van der Waals surface area (Å²) in [5, 5.41) is 11.5. The number of rotatable bonds is 5. The van der Waals surface area contributed by atoms with Gasteiger partial charge >= 0.3 is 5.16 Å². The van der Waals surface area contributed by atoms with Gasteiger partial charge in [0.2, 0.25) is 0 Å². The smallest absolute Gasteiger partial charge is 0.258 e. The molecule has 0 atom stereocenters. The van der Waals surface area contributed by atoms with E-state index in [4.69, 9.17) is 0 Å². The normalized spacial score (nSPS) is 10.5. The molecule has 1 N–H and O–H groups in total. The molecule has 0 aliphatic rings. The van der Waals surface area contributed by atoms with Gasteiger partial charge in [0.05, 0.1) is 10.6 Å². The van der Waals surface area contributed by atoms with Crippen molar-refractivity contribution in [2.75, 3.05) is 11.7 Å². The van der Waals surface area contributed by atoms with Crippen LogP contribution >= 0.6 is 11.8 Å². The predicted molar refractivity (Wildman–Crippen MR) is 98.5 cm³/mol. The van der Waals surface area contributed by atoms with Gasteiger partial charge in [0, 0.05) is 23.8 Å². The summed E-state index contributed by atoms with van der Waals surface area (Å²) >= 11 is 1.52. The molecule has 3 rings (SSSR count). The van der Waals surface area contributed by atoms with Gasteiger partial charge in [-0.2, -0.15) is 0 Å². The molecule has 0 unspecified atom stereocenters. The summed E-state index contributed by atoms with van der Waals surface area (Å²) < 4.78 is 1.80. The molecule has 1 heterocycles. The van der Waals surface area contributed by atoms with Gasteiger partial charge in [0.1, 0.15) is 6.20 Å². The Bertz CT molecular complexity index is 896. The molecule has 0 amide bonds. The monoisotopic (exact) mass is 353 g/mol. The average Bonchev–Trinajstić information content (AvgIpc) is 2.63. The fourth-order valence-corrected chi connectivity index (χ4v) is 2.81. The molecule has 0 radical (unpaired) electrons. The van der Waals surface area contributed by atoms with Crippen LogP contribution in [0.15, 0.2) is 66.0 Å². The van der Waals surface area contributed by atoms with E-state index in [9.17, 15) is 10.1 Å². The summed E-state index contributed by atoms with van der Waals surface area (Å²) in [5.41, 5.74) is 7.16. The van der Waals surface area contributed by atoms with Gasteiger partial charge in [0.15, 0.2) is 5.69 Å². The maximum atomic E-state index is 10.7. The number of nitrogens with one attached hydrogen (secondary N) is 1. The Morgan fingerprint density at radius 2 is 1.76 bits per heavy atom. The van der Waals surface area contributed by atoms with E-state index in [1.165, 1.54) is 29.5 Å². The van der Waals surface area contributed by atoms with E-state index in [2.05, 4.69) is 41.6 Å². The molecule has 25 heavy (non-hydrogen) atoms. The summed E-state index contributed by atoms with van der Waals surface area (Å²) in [6.07, 6.45) is 3.85. The van der Waals surface area contributed by atoms with Gasteiger partial charge in [-0.15, -0.1) is 4.68 Å². The molecule has 0 spiro atoms. The number of hydrogen-bond acceptors (Lipinski definition) is 5. The minimum Gasteiger partial charge on any atom is -0.258 e. The van der Waals surface area contributed by atoms with E-state index < -0.39 is 4.92 Å². The van der Waals surface area contributed by atoms with Crippen LogP contribution < -0.4 is 10.1 Å². The Balaban J connectivity index is 1.86. The van der Waals surface area contributed by atoms with Crippen molar-refractivity contribution in [2.24, 2.45) is 0 Å². The summed E-state index contributed by atoms with van der Waals surface area (Å²) in [7, 11) is 0. The lowest BCUT2D eigenvalue weighted by atomic mass is 10.1. The van der Waals surface area contributed by atoms with E-state index in [1.807, 2.05) is 18.5 Å². The first-order chi connectivity index (χ1) is 12.1. The summed E-state index contributed by atoms with van der Waals surface area (Å²) in [5.74, 6) is 0. The first kappa shape index (κ1) is 16.9. The Morgan fingerprint density at radius 1 is 1.08 bits per heavy atom. The summed E-state index contributed by atoms with van der Waals surface area (Å²) in [6, 6.07) is 16.4. The number of hydrogen-bond donors (Lipinski definition) is 1. The fourth-order valence-electron chi connectivity index (χ4n) is 2.31. The van der Waals surface area contributed by atoms with Gasteiger partial charge in [-0.1, -0.05) is 29.8 Å². The van der Waals surface area contributed by atoms with E-state index in [0.717, 1.165) is 22.1 Å². The zero-order chi connectivity index (χ0) is 17.8. The Labute approximate surface area is 149 Å². The second kappa shape index (κ2) is 7.31. The van der Waals surface area contributed by atoms with Crippen LogP contribution in [0.25, 0.3) is 11.3 Å². The number of aromatic nitrogens is 2. The number of nitrogens with zero attached hydrogens (tertiary/aromatic N) is 3. The minimum atomic E-state index is -0.415. The third-order valence-electron chi connectivity index (χ3n) is 3.66. The quantitative estimate of drug-likeness (QED) is 0.248. The van der Waals surface area contributed by atoms with Crippen molar-refractivity contribution < 1.29 is 9.60 Å². The molecule has 2 aromatic carbocycles. The summed E-state index contributed by atoms with van der Waals surface area (Å²) in [6.45, 7) is 2.05. The molecule has 0 aliphatic carbocycles. The Kier molecular flexibility index (Phi) is 4.95. The van der Waals surface area contributed by atoms with E-state index in [-0.39, 0.29) is 5.69 Å². The zero-order valence-electron chi connectivity index (χ0n) is 13.8. The van der Waals surface area contributed by atoms with Gasteiger partial charge in [-0.3, -0.25) is 10.1 Å². The first-order valence-corrected chi connectivity index (χ1v) is 8.84.